The van der Waals surface area contributed by atoms with Crippen LogP contribution in [0.5, 0.6) is 0 Å². The molecular weight excluding hydrogens is 1900 g/mol. The summed E-state index contributed by atoms with van der Waals surface area (Å²) in [7, 11) is 8.91. The molecule has 133 heavy (non-hydrogen) atoms. The number of nitrogens with zero attached hydrogens (tertiary/aromatic N) is 14. The molecule has 714 valence electrons. The molecule has 10 fully saturated rings. The van der Waals surface area contributed by atoms with E-state index in [1.54, 1.807) is 45.6 Å². The molecule has 17 rings (SSSR count). The van der Waals surface area contributed by atoms with Crippen LogP contribution in [0.15, 0.2) is 92.3 Å². The van der Waals surface area contributed by atoms with Gasteiger partial charge in [-0.1, -0.05) is 24.3 Å². The molecule has 2 aromatic carbocycles. The molecule has 5 saturated carbocycles. The summed E-state index contributed by atoms with van der Waals surface area (Å²) < 4.78 is 59.8. The van der Waals surface area contributed by atoms with E-state index in [2.05, 4.69) is 103 Å². The van der Waals surface area contributed by atoms with Crippen LogP contribution in [-0.2, 0) is 42.8 Å². The van der Waals surface area contributed by atoms with E-state index in [4.69, 9.17) is 59.1 Å². The number of esters is 3. The van der Waals surface area contributed by atoms with E-state index in [0.717, 1.165) is 154 Å². The van der Waals surface area contributed by atoms with Crippen LogP contribution < -0.4 is 40.9 Å². The predicted molar refractivity (Wildman–Crippen MR) is 516 cm³/mol. The topological polar surface area (TPSA) is 339 Å². The molecule has 5 aliphatic carbocycles. The Kier molecular flexibility index (Phi) is 35.3. The third kappa shape index (κ3) is 25.7. The average molecular weight is 2030 g/mol. The Labute approximate surface area is 803 Å². The Morgan fingerprint density at radius 3 is 1.01 bits per heavy atom. The van der Waals surface area contributed by atoms with Gasteiger partial charge in [-0.15, -0.1) is 0 Å². The van der Waals surface area contributed by atoms with Gasteiger partial charge >= 0.3 is 17.9 Å². The fourth-order valence-electron chi connectivity index (χ4n) is 17.7. The van der Waals surface area contributed by atoms with Crippen LogP contribution in [0.1, 0.15) is 223 Å². The maximum atomic E-state index is 13.5. The van der Waals surface area contributed by atoms with Crippen molar-refractivity contribution in [1.82, 2.24) is 50.3 Å². The number of piperazine rings is 5. The first-order valence-corrected chi connectivity index (χ1v) is 48.7. The highest BCUT2D eigenvalue weighted by Crippen LogP contribution is 2.50. The molecular formula is C98H124Br3F2N17O13. The van der Waals surface area contributed by atoms with Gasteiger partial charge in [0.15, 0.2) is 5.78 Å². The number of hydrogen-bond donors (Lipinski definition) is 3. The lowest BCUT2D eigenvalue weighted by Crippen LogP contribution is -2.54. The van der Waals surface area contributed by atoms with Crippen LogP contribution in [-0.4, -0.2) is 278 Å². The molecule has 30 nitrogen and oxygen atoms in total. The molecule has 5 atom stereocenters. The Morgan fingerprint density at radius 1 is 0.406 bits per heavy atom. The van der Waals surface area contributed by atoms with Crippen LogP contribution >= 0.6 is 47.8 Å². The highest BCUT2D eigenvalue weighted by molar-refractivity contribution is 9.11. The fourth-order valence-corrected chi connectivity index (χ4v) is 19.6. The van der Waals surface area contributed by atoms with Gasteiger partial charge in [0.25, 0.3) is 0 Å². The number of halogens is 5. The largest absolute Gasteiger partial charge is 0.465 e. The van der Waals surface area contributed by atoms with E-state index in [1.165, 1.54) is 71.3 Å². The number of ether oxygens (including phenoxy) is 6. The second kappa shape index (κ2) is 46.7. The number of ketones is 1. The van der Waals surface area contributed by atoms with Gasteiger partial charge in [-0.2, -0.15) is 5.26 Å². The first-order valence-electron chi connectivity index (χ1n) is 46.3. The molecule has 0 unspecified atom stereocenters. The van der Waals surface area contributed by atoms with Gasteiger partial charge in [-0.3, -0.25) is 19.2 Å². The smallest absolute Gasteiger partial charge is 0.341 e. The summed E-state index contributed by atoms with van der Waals surface area (Å²) >= 11 is 10.7. The summed E-state index contributed by atoms with van der Waals surface area (Å²) in [5.41, 5.74) is 16.7. The maximum absolute atomic E-state index is 13.5. The molecule has 0 spiro atoms. The summed E-state index contributed by atoms with van der Waals surface area (Å²) in [5.74, 6) is 3.98. The number of nitrogens with one attached hydrogen (secondary N) is 2. The number of carbonyl (C=O) groups excluding carboxylic acids is 7. The summed E-state index contributed by atoms with van der Waals surface area (Å²) in [6.07, 6.45) is 12.3. The summed E-state index contributed by atoms with van der Waals surface area (Å²) in [6, 6.07) is 25.0. The molecule has 0 bridgehead atoms. The zero-order valence-electron chi connectivity index (χ0n) is 77.9. The SMILES string of the molecule is COC(=O)c1cc(Br)c(C2CC2)nc1N1CCN[C@H](C)C1.COCCC(=O)N1CCN(c2nc(C3CC3)c(-c3ccc(F)cc3)cc2C(=O)CN)C[C@H]1C.COCCC(=O)N1CCN(c2nc(C3CC3)c(-c3ccc(F)cc3)cc2C(=O)OC)C[C@H]1C.COCCC(=O)N1CCN(c2nc(C3CC3)c(Br)cc2C(=O)OC)C[C@H]1C.C[C@@H]1CN(c2nc(C3CC3)c(Br)cc2C#N)CCN1. The number of amides is 3. The third-order valence-corrected chi connectivity index (χ3v) is 27.5. The summed E-state index contributed by atoms with van der Waals surface area (Å²) in [6.45, 7) is 22.1. The van der Waals surface area contributed by atoms with Gasteiger partial charge in [0.1, 0.15) is 63.5 Å². The van der Waals surface area contributed by atoms with E-state index in [9.17, 15) is 47.6 Å². The summed E-state index contributed by atoms with van der Waals surface area (Å²) in [4.78, 5) is 128. The Balaban J connectivity index is 0.000000143. The standard InChI is InChI=1S/C25H31FN4O3.C25H30FN3O4.C19H26BrN3O4.C15H20BrN3O2.C14H17BrN4/c1-16-15-29(10-11-30(16)23(32)9-12-33-2)25-21(22(31)14-27)13-20(24(28-25)18-3-4-18)17-5-7-19(26)8-6-17;1-16-15-28(11-12-29(16)22(30)10-13-32-2)24-21(25(31)33-3)14-20(23(27-24)18-4-5-18)17-6-8-19(26)9-7-17;1-12-11-22(7-8-23(12)16(24)6-9-26-2)18-14(19(25)27-3)10-15(20)17(21-18)13-4-5-13;1-9-8-19(6-5-17-9)14-11(15(20)21-2)7-12(16)13(18-14)10-3-4-10;1-9-8-19(5-4-17-9)14-11(7-16)6-12(15)13(18-14)10-2-3-10/h5-8,13,16,18H,3-4,9-12,14-15,27H2,1-2H3;6-9,14,16,18H,4-5,10-13,15H2,1-3H3;10,12-13H,4-9,11H2,1-3H3;7,9-10,17H,3-6,8H2,1-2H3;6,9-10,17H,2-5,8H2,1H3/t2*16-;12-;2*9-/m11111/s1. The number of anilines is 5. The molecule has 10 aliphatic rings. The number of carbonyl (C=O) groups is 7. The highest BCUT2D eigenvalue weighted by Gasteiger charge is 2.41. The first-order chi connectivity index (χ1) is 64.1. The van der Waals surface area contributed by atoms with Crippen LogP contribution in [0.25, 0.3) is 22.3 Å². The molecule has 10 heterocycles. The zero-order chi connectivity index (χ0) is 95.0. The lowest BCUT2D eigenvalue weighted by Gasteiger charge is -2.41. The molecule has 3 amide bonds. The molecule has 5 aliphatic heterocycles. The van der Waals surface area contributed by atoms with E-state index < -0.39 is 11.9 Å². The quantitative estimate of drug-likeness (QED) is 0.0257. The number of aromatic nitrogens is 5. The van der Waals surface area contributed by atoms with Gasteiger partial charge in [0.2, 0.25) is 17.7 Å². The Hall–Kier alpha value is -9.77. The monoisotopic (exact) mass is 2020 g/mol. The van der Waals surface area contributed by atoms with Gasteiger partial charge in [-0.05, 0) is 212 Å². The lowest BCUT2D eigenvalue weighted by atomic mass is 9.97. The van der Waals surface area contributed by atoms with Crippen molar-refractivity contribution in [2.24, 2.45) is 5.73 Å². The second-order valence-corrected chi connectivity index (χ2v) is 38.4. The lowest BCUT2D eigenvalue weighted by molar-refractivity contribution is -0.135. The number of Topliss-reactive ketones (excluding diaryl/α,β-unsaturated/α-hetero) is 1. The van der Waals surface area contributed by atoms with Crippen molar-refractivity contribution in [2.75, 3.05) is 192 Å². The number of nitrogens with two attached hydrogens (primary N) is 1. The summed E-state index contributed by atoms with van der Waals surface area (Å²) in [5, 5.41) is 16.2. The average Bonchev–Trinajstić information content (AvgIpc) is 1.72. The van der Waals surface area contributed by atoms with Crippen molar-refractivity contribution in [2.45, 2.75) is 178 Å². The maximum Gasteiger partial charge on any atom is 0.341 e. The van der Waals surface area contributed by atoms with Gasteiger partial charge < -0.3 is 84.0 Å². The number of nitriles is 1. The number of methoxy groups -OCH3 is 6. The second-order valence-electron chi connectivity index (χ2n) is 35.8. The number of rotatable bonds is 26. The molecule has 7 aromatic rings. The van der Waals surface area contributed by atoms with Crippen molar-refractivity contribution < 1.29 is 70.8 Å². The van der Waals surface area contributed by atoms with Crippen molar-refractivity contribution in [1.29, 1.82) is 5.26 Å². The van der Waals surface area contributed by atoms with Crippen molar-refractivity contribution in [3.8, 4) is 28.3 Å². The number of pyridine rings is 5. The van der Waals surface area contributed by atoms with Crippen molar-refractivity contribution in [3.63, 3.8) is 0 Å². The molecule has 0 radical (unpaired) electrons. The third-order valence-electron chi connectivity index (χ3n) is 25.6. The fraction of sp³-hybridized carbons (Fsp3) is 0.541. The van der Waals surface area contributed by atoms with Crippen LogP contribution in [0.2, 0.25) is 0 Å². The van der Waals surface area contributed by atoms with E-state index in [-0.39, 0.29) is 65.8 Å². The first kappa shape index (κ1) is 101. The molecule has 35 heteroatoms. The zero-order valence-corrected chi connectivity index (χ0v) is 82.7. The van der Waals surface area contributed by atoms with Gasteiger partial charge in [0.05, 0.1) is 107 Å². The molecule has 5 saturated heterocycles. The molecule has 5 aromatic heterocycles. The minimum absolute atomic E-state index is 0.0214. The number of benzene rings is 2. The van der Waals surface area contributed by atoms with E-state index >= 15 is 0 Å². The van der Waals surface area contributed by atoms with Crippen LogP contribution in [0, 0.1) is 23.0 Å². The predicted octanol–water partition coefficient (Wildman–Crippen LogP) is 13.9. The van der Waals surface area contributed by atoms with Gasteiger partial charge in [0, 0.05) is 204 Å². The van der Waals surface area contributed by atoms with E-state index in [0.29, 0.717) is 185 Å². The normalized spacial score (nSPS) is 20.0. The number of hydrogen-bond acceptors (Lipinski definition) is 27. The minimum Gasteiger partial charge on any atom is -0.465 e. The van der Waals surface area contributed by atoms with Crippen molar-refractivity contribution >= 4 is 118 Å². The van der Waals surface area contributed by atoms with Gasteiger partial charge in [-0.25, -0.2) is 48.1 Å². The minimum atomic E-state index is -0.463. The highest BCUT2D eigenvalue weighted by atomic mass is 79.9. The Morgan fingerprint density at radius 2 is 0.699 bits per heavy atom. The Bertz CT molecular complexity index is 5190. The molecule has 4 N–H and O–H groups in total. The van der Waals surface area contributed by atoms with E-state index in [1.807, 2.05) is 65.8 Å². The van der Waals surface area contributed by atoms with Crippen LogP contribution in [0.4, 0.5) is 37.9 Å². The van der Waals surface area contributed by atoms with Crippen LogP contribution in [0.3, 0.4) is 0 Å². The van der Waals surface area contributed by atoms with Crippen molar-refractivity contribution in [3.05, 3.63) is 160 Å².